The van der Waals surface area contributed by atoms with Crippen LogP contribution in [0, 0.1) is 0 Å². The Morgan fingerprint density at radius 3 is 2.59 bits per heavy atom. The third kappa shape index (κ3) is 4.15. The molecular weight excluding hydrogens is 214 g/mol. The van der Waals surface area contributed by atoms with E-state index in [1.54, 1.807) is 17.3 Å². The highest BCUT2D eigenvalue weighted by Gasteiger charge is 2.18. The Bertz CT molecular complexity index is 340. The quantitative estimate of drug-likeness (QED) is 0.814. The number of hydrogen-bond donors (Lipinski definition) is 1. The molecular formula is C13H21N3O. The van der Waals surface area contributed by atoms with Gasteiger partial charge >= 0.3 is 0 Å². The molecule has 1 aromatic rings. The fourth-order valence-electron chi connectivity index (χ4n) is 1.72. The topological polar surface area (TPSA) is 59.2 Å². The van der Waals surface area contributed by atoms with Gasteiger partial charge in [0.2, 0.25) is 5.91 Å². The molecule has 0 aliphatic heterocycles. The number of amides is 1. The summed E-state index contributed by atoms with van der Waals surface area (Å²) < 4.78 is 0. The van der Waals surface area contributed by atoms with E-state index in [1.165, 1.54) is 0 Å². The molecule has 2 N–H and O–H groups in total. The van der Waals surface area contributed by atoms with Crippen molar-refractivity contribution in [3.8, 4) is 0 Å². The largest absolute Gasteiger partial charge is 0.337 e. The van der Waals surface area contributed by atoms with Gasteiger partial charge < -0.3 is 10.6 Å². The van der Waals surface area contributed by atoms with Crippen LogP contribution < -0.4 is 5.73 Å². The van der Waals surface area contributed by atoms with Crippen molar-refractivity contribution in [1.82, 2.24) is 9.88 Å². The predicted molar refractivity (Wildman–Crippen MR) is 68.2 cm³/mol. The monoisotopic (exact) mass is 235 g/mol. The second kappa shape index (κ2) is 7.01. The van der Waals surface area contributed by atoms with Gasteiger partial charge in [-0.05, 0) is 31.0 Å². The standard InChI is InChI=1S/C13H21N3O/c1-3-5-12(14)13(17)16(4-2)10-11-6-8-15-9-7-11/h6-9,12H,3-5,10,14H2,1-2H3. The summed E-state index contributed by atoms with van der Waals surface area (Å²) in [5.41, 5.74) is 6.94. The summed E-state index contributed by atoms with van der Waals surface area (Å²) in [5, 5.41) is 0. The zero-order valence-corrected chi connectivity index (χ0v) is 10.6. The first-order valence-electron chi connectivity index (χ1n) is 6.12. The lowest BCUT2D eigenvalue weighted by atomic mass is 10.1. The molecule has 0 saturated heterocycles. The van der Waals surface area contributed by atoms with E-state index in [0.717, 1.165) is 18.4 Å². The van der Waals surface area contributed by atoms with Gasteiger partial charge in [-0.2, -0.15) is 0 Å². The molecule has 17 heavy (non-hydrogen) atoms. The summed E-state index contributed by atoms with van der Waals surface area (Å²) in [4.78, 5) is 17.8. The lowest BCUT2D eigenvalue weighted by Gasteiger charge is -2.24. The van der Waals surface area contributed by atoms with Crippen LogP contribution in [0.4, 0.5) is 0 Å². The van der Waals surface area contributed by atoms with Crippen LogP contribution in [0.1, 0.15) is 32.3 Å². The van der Waals surface area contributed by atoms with Crippen molar-refractivity contribution in [3.05, 3.63) is 30.1 Å². The molecule has 0 aliphatic rings. The van der Waals surface area contributed by atoms with Crippen LogP contribution in [0.15, 0.2) is 24.5 Å². The average Bonchev–Trinajstić information content (AvgIpc) is 2.36. The van der Waals surface area contributed by atoms with Crippen LogP contribution in [-0.2, 0) is 11.3 Å². The number of likely N-dealkylation sites (N-methyl/N-ethyl adjacent to an activating group) is 1. The van der Waals surface area contributed by atoms with Crippen LogP contribution in [0.3, 0.4) is 0 Å². The minimum absolute atomic E-state index is 0.0335. The van der Waals surface area contributed by atoms with Crippen molar-refractivity contribution < 1.29 is 4.79 Å². The fraction of sp³-hybridized carbons (Fsp3) is 0.538. The van der Waals surface area contributed by atoms with Crippen molar-refractivity contribution in [2.75, 3.05) is 6.54 Å². The maximum atomic E-state index is 12.1. The summed E-state index contributed by atoms with van der Waals surface area (Å²) in [6.07, 6.45) is 5.14. The Morgan fingerprint density at radius 1 is 1.41 bits per heavy atom. The van der Waals surface area contributed by atoms with E-state index in [0.29, 0.717) is 13.1 Å². The number of nitrogens with two attached hydrogens (primary N) is 1. The van der Waals surface area contributed by atoms with Gasteiger partial charge in [0.05, 0.1) is 6.04 Å². The molecule has 0 fully saturated rings. The van der Waals surface area contributed by atoms with E-state index in [9.17, 15) is 4.79 Å². The molecule has 1 atom stereocenters. The Hall–Kier alpha value is -1.42. The minimum atomic E-state index is -0.373. The average molecular weight is 235 g/mol. The summed E-state index contributed by atoms with van der Waals surface area (Å²) in [7, 11) is 0. The van der Waals surface area contributed by atoms with Crippen LogP contribution in [-0.4, -0.2) is 28.4 Å². The van der Waals surface area contributed by atoms with E-state index in [2.05, 4.69) is 4.98 Å². The number of pyridine rings is 1. The van der Waals surface area contributed by atoms with Crippen molar-refractivity contribution in [1.29, 1.82) is 0 Å². The maximum absolute atomic E-state index is 12.1. The molecule has 1 amide bonds. The van der Waals surface area contributed by atoms with Crippen LogP contribution in [0.2, 0.25) is 0 Å². The second-order valence-electron chi connectivity index (χ2n) is 4.10. The molecule has 0 radical (unpaired) electrons. The number of aromatic nitrogens is 1. The van der Waals surface area contributed by atoms with Crippen molar-refractivity contribution in [2.24, 2.45) is 5.73 Å². The zero-order valence-electron chi connectivity index (χ0n) is 10.6. The fourth-order valence-corrected chi connectivity index (χ4v) is 1.72. The van der Waals surface area contributed by atoms with E-state index in [-0.39, 0.29) is 11.9 Å². The van der Waals surface area contributed by atoms with Gasteiger partial charge in [-0.15, -0.1) is 0 Å². The van der Waals surface area contributed by atoms with Gasteiger partial charge in [0.25, 0.3) is 0 Å². The molecule has 0 saturated carbocycles. The third-order valence-electron chi connectivity index (χ3n) is 2.73. The zero-order chi connectivity index (χ0) is 12.7. The first kappa shape index (κ1) is 13.6. The van der Waals surface area contributed by atoms with Crippen LogP contribution >= 0.6 is 0 Å². The van der Waals surface area contributed by atoms with Crippen LogP contribution in [0.5, 0.6) is 0 Å². The van der Waals surface area contributed by atoms with E-state index in [1.807, 2.05) is 26.0 Å². The highest BCUT2D eigenvalue weighted by molar-refractivity contribution is 5.81. The van der Waals surface area contributed by atoms with Crippen molar-refractivity contribution in [2.45, 2.75) is 39.3 Å². The van der Waals surface area contributed by atoms with Crippen molar-refractivity contribution in [3.63, 3.8) is 0 Å². The lowest BCUT2D eigenvalue weighted by molar-refractivity contribution is -0.133. The van der Waals surface area contributed by atoms with E-state index >= 15 is 0 Å². The highest BCUT2D eigenvalue weighted by Crippen LogP contribution is 2.06. The Kier molecular flexibility index (Phi) is 5.63. The Labute approximate surface area is 103 Å². The third-order valence-corrected chi connectivity index (χ3v) is 2.73. The molecule has 0 aliphatic carbocycles. The Balaban J connectivity index is 2.62. The van der Waals surface area contributed by atoms with Crippen molar-refractivity contribution >= 4 is 5.91 Å². The number of hydrogen-bond acceptors (Lipinski definition) is 3. The second-order valence-corrected chi connectivity index (χ2v) is 4.10. The Morgan fingerprint density at radius 2 is 2.06 bits per heavy atom. The highest BCUT2D eigenvalue weighted by atomic mass is 16.2. The van der Waals surface area contributed by atoms with Crippen LogP contribution in [0.25, 0.3) is 0 Å². The van der Waals surface area contributed by atoms with Gasteiger partial charge in [0, 0.05) is 25.5 Å². The number of carbonyl (C=O) groups is 1. The summed E-state index contributed by atoms with van der Waals surface area (Å²) in [5.74, 6) is 0.0335. The molecule has 1 heterocycles. The van der Waals surface area contributed by atoms with Gasteiger partial charge in [-0.25, -0.2) is 0 Å². The van der Waals surface area contributed by atoms with E-state index < -0.39 is 0 Å². The number of carbonyl (C=O) groups excluding carboxylic acids is 1. The minimum Gasteiger partial charge on any atom is -0.337 e. The number of nitrogens with zero attached hydrogens (tertiary/aromatic N) is 2. The SMILES string of the molecule is CCCC(N)C(=O)N(CC)Cc1ccncc1. The molecule has 1 unspecified atom stereocenters. The lowest BCUT2D eigenvalue weighted by Crippen LogP contribution is -2.43. The van der Waals surface area contributed by atoms with Gasteiger partial charge in [-0.3, -0.25) is 9.78 Å². The normalized spacial score (nSPS) is 12.2. The van der Waals surface area contributed by atoms with Gasteiger partial charge in [-0.1, -0.05) is 13.3 Å². The van der Waals surface area contributed by atoms with Gasteiger partial charge in [0.1, 0.15) is 0 Å². The molecule has 4 nitrogen and oxygen atoms in total. The number of rotatable bonds is 6. The molecule has 4 heteroatoms. The van der Waals surface area contributed by atoms with Gasteiger partial charge in [0.15, 0.2) is 0 Å². The molecule has 0 aromatic carbocycles. The molecule has 0 bridgehead atoms. The molecule has 94 valence electrons. The first-order chi connectivity index (χ1) is 8.19. The summed E-state index contributed by atoms with van der Waals surface area (Å²) in [6, 6.07) is 3.46. The maximum Gasteiger partial charge on any atom is 0.239 e. The van der Waals surface area contributed by atoms with E-state index in [4.69, 9.17) is 5.73 Å². The molecule has 1 aromatic heterocycles. The summed E-state index contributed by atoms with van der Waals surface area (Å²) >= 11 is 0. The first-order valence-corrected chi connectivity index (χ1v) is 6.12. The summed E-state index contributed by atoms with van der Waals surface area (Å²) in [6.45, 7) is 5.29. The smallest absolute Gasteiger partial charge is 0.239 e. The predicted octanol–water partition coefficient (Wildman–Crippen LogP) is 1.56. The molecule has 1 rings (SSSR count). The molecule has 0 spiro atoms.